The van der Waals surface area contributed by atoms with Gasteiger partial charge in [0, 0.05) is 5.69 Å². The maximum absolute atomic E-state index is 13.2. The van der Waals surface area contributed by atoms with Crippen LogP contribution in [-0.4, -0.2) is 40.0 Å². The fourth-order valence-electron chi connectivity index (χ4n) is 4.89. The van der Waals surface area contributed by atoms with Gasteiger partial charge < -0.3 is 20.8 Å². The average Bonchev–Trinajstić information content (AvgIpc) is 3.06. The molecule has 0 bridgehead atoms. The number of halogens is 2. The van der Waals surface area contributed by atoms with Crippen LogP contribution in [0.3, 0.4) is 0 Å². The summed E-state index contributed by atoms with van der Waals surface area (Å²) in [6, 6.07) is 10.5. The van der Waals surface area contributed by atoms with Gasteiger partial charge in [-0.05, 0) is 60.9 Å². The average molecular weight is 549 g/mol. The zero-order chi connectivity index (χ0) is 27.5. The van der Waals surface area contributed by atoms with Gasteiger partial charge in [0.2, 0.25) is 5.91 Å². The summed E-state index contributed by atoms with van der Waals surface area (Å²) in [6.45, 7) is 5.19. The summed E-state index contributed by atoms with van der Waals surface area (Å²) in [6.07, 6.45) is 1.22. The van der Waals surface area contributed by atoms with Crippen molar-refractivity contribution in [1.82, 2.24) is 5.32 Å². The lowest BCUT2D eigenvalue weighted by atomic mass is 9.65. The van der Waals surface area contributed by atoms with E-state index in [1.807, 2.05) is 0 Å². The maximum atomic E-state index is 13.2. The number of aryl methyl sites for hydroxylation is 1. The highest BCUT2D eigenvalue weighted by Crippen LogP contribution is 2.56. The van der Waals surface area contributed by atoms with Crippen LogP contribution in [-0.2, 0) is 20.8 Å². The van der Waals surface area contributed by atoms with Crippen LogP contribution in [0.4, 0.5) is 5.69 Å². The molecule has 0 unspecified atom stereocenters. The second kappa shape index (κ2) is 11.1. The third kappa shape index (κ3) is 5.91. The molecule has 1 fully saturated rings. The number of rotatable bonds is 9. The predicted molar refractivity (Wildman–Crippen MR) is 141 cm³/mol. The van der Waals surface area contributed by atoms with Crippen molar-refractivity contribution in [3.05, 3.63) is 63.6 Å². The minimum atomic E-state index is -1.16. The summed E-state index contributed by atoms with van der Waals surface area (Å²) in [7, 11) is 0. The van der Waals surface area contributed by atoms with Crippen LogP contribution in [0.5, 0.6) is 0 Å². The third-order valence-corrected chi connectivity index (χ3v) is 8.38. The molecule has 2 amide bonds. The number of aliphatic carboxylic acids is 2. The normalized spacial score (nSPS) is 21.2. The van der Waals surface area contributed by atoms with Gasteiger partial charge in [-0.15, -0.1) is 0 Å². The molecule has 8 nitrogen and oxygen atoms in total. The van der Waals surface area contributed by atoms with Crippen molar-refractivity contribution in [2.75, 3.05) is 5.32 Å². The number of carboxylic acid groups (broad SMARTS) is 2. The minimum absolute atomic E-state index is 0.140. The highest BCUT2D eigenvalue weighted by Gasteiger charge is 2.58. The van der Waals surface area contributed by atoms with Crippen LogP contribution in [0, 0.1) is 16.7 Å². The largest absolute Gasteiger partial charge is 0.481 e. The fourth-order valence-corrected chi connectivity index (χ4v) is 5.46. The molecule has 3 atom stereocenters. The van der Waals surface area contributed by atoms with E-state index in [2.05, 4.69) is 10.6 Å². The highest BCUT2D eigenvalue weighted by molar-refractivity contribution is 6.40. The Morgan fingerprint density at radius 1 is 1.00 bits per heavy atom. The van der Waals surface area contributed by atoms with Crippen LogP contribution < -0.4 is 10.6 Å². The summed E-state index contributed by atoms with van der Waals surface area (Å²) >= 11 is 12.2. The lowest BCUT2D eigenvalue weighted by Gasteiger charge is -2.39. The zero-order valence-corrected chi connectivity index (χ0v) is 22.3. The van der Waals surface area contributed by atoms with Gasteiger partial charge in [0.05, 0.1) is 26.9 Å². The number of benzene rings is 2. The fraction of sp³-hybridized carbons (Fsp3) is 0.407. The van der Waals surface area contributed by atoms with Gasteiger partial charge in [0.1, 0.15) is 6.04 Å². The quantitative estimate of drug-likeness (QED) is 0.337. The topological polar surface area (TPSA) is 133 Å². The van der Waals surface area contributed by atoms with E-state index in [0.29, 0.717) is 24.9 Å². The molecule has 2 aromatic rings. The molecular weight excluding hydrogens is 519 g/mol. The molecule has 0 saturated heterocycles. The van der Waals surface area contributed by atoms with Crippen molar-refractivity contribution >= 4 is 52.6 Å². The minimum Gasteiger partial charge on any atom is -0.481 e. The molecule has 0 aromatic heterocycles. The van der Waals surface area contributed by atoms with Gasteiger partial charge in [0.25, 0.3) is 5.91 Å². The van der Waals surface area contributed by atoms with E-state index < -0.39 is 46.5 Å². The molecule has 0 spiro atoms. The summed E-state index contributed by atoms with van der Waals surface area (Å²) in [4.78, 5) is 49.3. The SMILES string of the molecule is CC1(C)[C@H](C(=O)O)CC[C@@]1(C)C(=O)N[C@H](CCc1ccc(NC(=O)c2c(Cl)cccc2Cl)cc1)C(=O)O. The Kier molecular flexibility index (Phi) is 8.55. The number of hydrogen-bond acceptors (Lipinski definition) is 4. The summed E-state index contributed by atoms with van der Waals surface area (Å²) < 4.78 is 0. The molecular formula is C27H30Cl2N2O6. The molecule has 4 N–H and O–H groups in total. The van der Waals surface area contributed by atoms with E-state index in [1.54, 1.807) is 63.2 Å². The number of carbonyl (C=O) groups is 4. The second-order valence-corrected chi connectivity index (χ2v) is 10.9. The molecule has 1 aliphatic carbocycles. The van der Waals surface area contributed by atoms with Crippen LogP contribution in [0.2, 0.25) is 10.0 Å². The standard InChI is InChI=1S/C27H30Cl2N2O6/c1-26(2)17(23(33)34)13-14-27(26,3)25(37)31-20(24(35)36)12-9-15-7-10-16(11-8-15)30-22(32)21-18(28)5-4-6-19(21)29/h4-8,10-11,17,20H,9,12-14H2,1-3H3,(H,30,32)(H,31,37)(H,33,34)(H,35,36)/t17-,20+,27-/m0/s1. The van der Waals surface area contributed by atoms with Crippen LogP contribution in [0.25, 0.3) is 0 Å². The smallest absolute Gasteiger partial charge is 0.326 e. The Bertz CT molecular complexity index is 1190. The third-order valence-electron chi connectivity index (χ3n) is 7.75. The number of carbonyl (C=O) groups excluding carboxylic acids is 2. The molecule has 37 heavy (non-hydrogen) atoms. The van der Waals surface area contributed by atoms with Gasteiger partial charge >= 0.3 is 11.9 Å². The number of anilines is 1. The molecule has 0 heterocycles. The number of carboxylic acids is 2. The predicted octanol–water partition coefficient (Wildman–Crippen LogP) is 5.27. The van der Waals surface area contributed by atoms with E-state index in [4.69, 9.17) is 23.2 Å². The number of amides is 2. The maximum Gasteiger partial charge on any atom is 0.326 e. The first-order chi connectivity index (χ1) is 17.3. The Morgan fingerprint density at radius 2 is 1.59 bits per heavy atom. The first-order valence-electron chi connectivity index (χ1n) is 11.9. The lowest BCUT2D eigenvalue weighted by Crippen LogP contribution is -2.52. The van der Waals surface area contributed by atoms with E-state index in [1.165, 1.54) is 0 Å². The van der Waals surface area contributed by atoms with Crippen molar-refractivity contribution in [3.8, 4) is 0 Å². The monoisotopic (exact) mass is 548 g/mol. The van der Waals surface area contributed by atoms with E-state index >= 15 is 0 Å². The van der Waals surface area contributed by atoms with Crippen molar-refractivity contribution in [2.45, 2.75) is 52.5 Å². The summed E-state index contributed by atoms with van der Waals surface area (Å²) in [5.74, 6) is -3.70. The first kappa shape index (κ1) is 28.5. The van der Waals surface area contributed by atoms with Crippen molar-refractivity contribution in [3.63, 3.8) is 0 Å². The van der Waals surface area contributed by atoms with Crippen LogP contribution in [0.15, 0.2) is 42.5 Å². The van der Waals surface area contributed by atoms with E-state index in [9.17, 15) is 29.4 Å². The highest BCUT2D eigenvalue weighted by atomic mass is 35.5. The second-order valence-electron chi connectivity index (χ2n) is 10.1. The molecule has 0 radical (unpaired) electrons. The first-order valence-corrected chi connectivity index (χ1v) is 12.6. The molecule has 1 saturated carbocycles. The van der Waals surface area contributed by atoms with Crippen molar-refractivity contribution in [2.24, 2.45) is 16.7 Å². The lowest BCUT2D eigenvalue weighted by molar-refractivity contribution is -0.151. The van der Waals surface area contributed by atoms with Gasteiger partial charge in [-0.1, -0.05) is 62.2 Å². The summed E-state index contributed by atoms with van der Waals surface area (Å²) in [5, 5.41) is 25.1. The Labute approximate surface area is 225 Å². The molecule has 198 valence electrons. The zero-order valence-electron chi connectivity index (χ0n) is 20.8. The number of hydrogen-bond donors (Lipinski definition) is 4. The van der Waals surface area contributed by atoms with Crippen molar-refractivity contribution < 1.29 is 29.4 Å². The van der Waals surface area contributed by atoms with E-state index in [0.717, 1.165) is 5.56 Å². The van der Waals surface area contributed by atoms with Crippen molar-refractivity contribution in [1.29, 1.82) is 0 Å². The Hall–Kier alpha value is -3.10. The van der Waals surface area contributed by atoms with Crippen LogP contribution in [0.1, 0.15) is 56.0 Å². The molecule has 0 aliphatic heterocycles. The Morgan fingerprint density at radius 3 is 2.11 bits per heavy atom. The molecule has 3 rings (SSSR count). The number of nitrogens with one attached hydrogen (secondary N) is 2. The molecule has 10 heteroatoms. The molecule has 2 aromatic carbocycles. The Balaban J connectivity index is 1.62. The summed E-state index contributed by atoms with van der Waals surface area (Å²) in [5.41, 5.74) is -0.345. The van der Waals surface area contributed by atoms with Gasteiger partial charge in [-0.25, -0.2) is 4.79 Å². The van der Waals surface area contributed by atoms with Crippen LogP contribution >= 0.6 is 23.2 Å². The molecule has 1 aliphatic rings. The van der Waals surface area contributed by atoms with E-state index in [-0.39, 0.29) is 22.0 Å². The van der Waals surface area contributed by atoms with Gasteiger partial charge in [0.15, 0.2) is 0 Å². The van der Waals surface area contributed by atoms with Gasteiger partial charge in [-0.2, -0.15) is 0 Å². The van der Waals surface area contributed by atoms with Gasteiger partial charge in [-0.3, -0.25) is 14.4 Å².